The fraction of sp³-hybridized carbons (Fsp3) is 0.750. The summed E-state index contributed by atoms with van der Waals surface area (Å²) in [6.07, 6.45) is 5.65. The fourth-order valence-corrected chi connectivity index (χ4v) is 4.89. The number of carbonyl (C=O) groups is 1. The third-order valence-corrected chi connectivity index (χ3v) is 6.77. The predicted molar refractivity (Wildman–Crippen MR) is 104 cm³/mol. The molecule has 2 atom stereocenters. The Balaban J connectivity index is 1.52. The average Bonchev–Trinajstić information content (AvgIpc) is 3.22. The Kier molecular flexibility index (Phi) is 6.53. The molecular formula is C20H32N2O2S. The Bertz CT molecular complexity index is 572. The maximum Gasteiger partial charge on any atom is 0.174 e. The number of fused-ring (bicyclic) bond motifs is 1. The lowest BCUT2D eigenvalue weighted by Gasteiger charge is -2.27. The minimum Gasteiger partial charge on any atom is -0.479 e. The van der Waals surface area contributed by atoms with Gasteiger partial charge in [0, 0.05) is 43.0 Å². The molecule has 0 aliphatic carbocycles. The Hall–Kier alpha value is -0.910. The monoisotopic (exact) mass is 364 g/mol. The van der Waals surface area contributed by atoms with Crippen LogP contribution in [-0.2, 0) is 17.8 Å². The summed E-state index contributed by atoms with van der Waals surface area (Å²) in [6, 6.07) is 2.87. The molecule has 1 aromatic heterocycles. The van der Waals surface area contributed by atoms with Gasteiger partial charge in [0.05, 0.1) is 0 Å². The molecule has 0 spiro atoms. The number of aldehydes is 1. The molecule has 0 saturated carbocycles. The number of likely N-dealkylation sites (tertiary alicyclic amines) is 1. The van der Waals surface area contributed by atoms with E-state index >= 15 is 0 Å². The molecule has 2 unspecified atom stereocenters. The van der Waals surface area contributed by atoms with Gasteiger partial charge in [0.2, 0.25) is 0 Å². The zero-order valence-corrected chi connectivity index (χ0v) is 16.7. The first kappa shape index (κ1) is 18.9. The summed E-state index contributed by atoms with van der Waals surface area (Å²) in [5.74, 6) is 0.217. The van der Waals surface area contributed by atoms with Crippen LogP contribution in [0.15, 0.2) is 6.07 Å². The van der Waals surface area contributed by atoms with Gasteiger partial charge in [-0.1, -0.05) is 6.92 Å². The molecule has 0 N–H and O–H groups in total. The SMILES string of the molecule is CCC(C=O)CCN1CCc2sc(OC3CCN(C(C)C)C3)cc2C1. The molecule has 140 valence electrons. The van der Waals surface area contributed by atoms with Gasteiger partial charge in [-0.05, 0) is 57.7 Å². The Morgan fingerprint density at radius 3 is 2.92 bits per heavy atom. The van der Waals surface area contributed by atoms with Gasteiger partial charge >= 0.3 is 0 Å². The number of rotatable bonds is 8. The van der Waals surface area contributed by atoms with Crippen molar-refractivity contribution in [2.75, 3.05) is 26.2 Å². The maximum absolute atomic E-state index is 11.0. The third-order valence-electron chi connectivity index (χ3n) is 5.65. The summed E-state index contributed by atoms with van der Waals surface area (Å²) >= 11 is 1.84. The quantitative estimate of drug-likeness (QED) is 0.660. The average molecular weight is 365 g/mol. The van der Waals surface area contributed by atoms with Crippen molar-refractivity contribution in [1.82, 2.24) is 9.80 Å². The van der Waals surface area contributed by atoms with Crippen LogP contribution in [0.1, 0.15) is 50.5 Å². The number of ether oxygens (including phenoxy) is 1. The zero-order chi connectivity index (χ0) is 17.8. The Morgan fingerprint density at radius 1 is 1.40 bits per heavy atom. The van der Waals surface area contributed by atoms with Crippen LogP contribution in [0.25, 0.3) is 0 Å². The molecule has 25 heavy (non-hydrogen) atoms. The summed E-state index contributed by atoms with van der Waals surface area (Å²) < 4.78 is 6.29. The van der Waals surface area contributed by atoms with Crippen LogP contribution in [0.5, 0.6) is 5.06 Å². The van der Waals surface area contributed by atoms with E-state index < -0.39 is 0 Å². The van der Waals surface area contributed by atoms with Crippen LogP contribution in [0, 0.1) is 5.92 Å². The highest BCUT2D eigenvalue weighted by atomic mass is 32.1. The van der Waals surface area contributed by atoms with Crippen molar-refractivity contribution >= 4 is 17.6 Å². The molecule has 3 heterocycles. The minimum absolute atomic E-state index is 0.217. The van der Waals surface area contributed by atoms with Gasteiger partial charge in [0.1, 0.15) is 12.4 Å². The van der Waals surface area contributed by atoms with Crippen LogP contribution in [0.4, 0.5) is 0 Å². The van der Waals surface area contributed by atoms with E-state index in [2.05, 4.69) is 36.6 Å². The van der Waals surface area contributed by atoms with Crippen molar-refractivity contribution < 1.29 is 9.53 Å². The standard InChI is InChI=1S/C20H32N2O2S/c1-4-16(14-23)5-8-21-9-7-19-17(12-21)11-20(25-19)24-18-6-10-22(13-18)15(2)3/h11,14-16,18H,4-10,12-13H2,1-3H3. The summed E-state index contributed by atoms with van der Waals surface area (Å²) in [7, 11) is 0. The highest BCUT2D eigenvalue weighted by Gasteiger charge is 2.27. The maximum atomic E-state index is 11.0. The summed E-state index contributed by atoms with van der Waals surface area (Å²) in [6.45, 7) is 11.9. The molecule has 1 aromatic rings. The third kappa shape index (κ3) is 4.83. The predicted octanol–water partition coefficient (Wildman–Crippen LogP) is 3.58. The normalized spacial score (nSPS) is 23.0. The first-order chi connectivity index (χ1) is 12.1. The lowest BCUT2D eigenvalue weighted by molar-refractivity contribution is -0.111. The van der Waals surface area contributed by atoms with E-state index in [9.17, 15) is 4.79 Å². The molecule has 2 aliphatic rings. The Labute approximate surface area is 156 Å². The van der Waals surface area contributed by atoms with E-state index in [0.29, 0.717) is 12.1 Å². The summed E-state index contributed by atoms with van der Waals surface area (Å²) in [5, 5.41) is 1.10. The summed E-state index contributed by atoms with van der Waals surface area (Å²) in [5.41, 5.74) is 1.43. The van der Waals surface area contributed by atoms with Gasteiger partial charge in [0.15, 0.2) is 5.06 Å². The van der Waals surface area contributed by atoms with E-state index in [1.165, 1.54) is 10.4 Å². The molecule has 2 aliphatic heterocycles. The smallest absolute Gasteiger partial charge is 0.174 e. The van der Waals surface area contributed by atoms with E-state index in [4.69, 9.17) is 4.74 Å². The molecular weight excluding hydrogens is 332 g/mol. The van der Waals surface area contributed by atoms with E-state index in [1.54, 1.807) is 0 Å². The van der Waals surface area contributed by atoms with Gasteiger partial charge in [0.25, 0.3) is 0 Å². The molecule has 1 fully saturated rings. The van der Waals surface area contributed by atoms with Gasteiger partial charge in [-0.3, -0.25) is 9.80 Å². The van der Waals surface area contributed by atoms with Crippen LogP contribution in [-0.4, -0.2) is 54.4 Å². The highest BCUT2D eigenvalue weighted by Crippen LogP contribution is 2.35. The lowest BCUT2D eigenvalue weighted by atomic mass is 10.0. The molecule has 0 amide bonds. The number of thiophene rings is 1. The molecule has 0 radical (unpaired) electrons. The van der Waals surface area contributed by atoms with Gasteiger partial charge < -0.3 is 9.53 Å². The molecule has 0 bridgehead atoms. The van der Waals surface area contributed by atoms with Crippen LogP contribution in [0.3, 0.4) is 0 Å². The molecule has 3 rings (SSSR count). The lowest BCUT2D eigenvalue weighted by Crippen LogP contribution is -2.31. The first-order valence-corrected chi connectivity index (χ1v) is 10.6. The molecule has 5 heteroatoms. The van der Waals surface area contributed by atoms with Crippen LogP contribution < -0.4 is 4.74 Å². The van der Waals surface area contributed by atoms with Crippen molar-refractivity contribution in [1.29, 1.82) is 0 Å². The van der Waals surface area contributed by atoms with Crippen LogP contribution in [0.2, 0.25) is 0 Å². The number of carbonyl (C=O) groups excluding carboxylic acids is 1. The minimum atomic E-state index is 0.217. The van der Waals surface area contributed by atoms with E-state index in [1.807, 2.05) is 11.3 Å². The first-order valence-electron chi connectivity index (χ1n) is 9.79. The number of hydrogen-bond acceptors (Lipinski definition) is 5. The molecule has 0 aromatic carbocycles. The van der Waals surface area contributed by atoms with E-state index in [-0.39, 0.29) is 5.92 Å². The zero-order valence-electron chi connectivity index (χ0n) is 15.9. The second-order valence-electron chi connectivity index (χ2n) is 7.75. The van der Waals surface area contributed by atoms with Crippen molar-refractivity contribution in [3.05, 3.63) is 16.5 Å². The van der Waals surface area contributed by atoms with Crippen molar-refractivity contribution in [2.24, 2.45) is 5.92 Å². The molecule has 1 saturated heterocycles. The topological polar surface area (TPSA) is 32.8 Å². The van der Waals surface area contributed by atoms with Crippen molar-refractivity contribution in [3.63, 3.8) is 0 Å². The second kappa shape index (κ2) is 8.65. The van der Waals surface area contributed by atoms with Crippen molar-refractivity contribution in [2.45, 2.75) is 65.1 Å². The highest BCUT2D eigenvalue weighted by molar-refractivity contribution is 7.14. The summed E-state index contributed by atoms with van der Waals surface area (Å²) in [4.78, 5) is 17.5. The van der Waals surface area contributed by atoms with Gasteiger partial charge in [-0.25, -0.2) is 0 Å². The second-order valence-corrected chi connectivity index (χ2v) is 8.85. The van der Waals surface area contributed by atoms with E-state index in [0.717, 1.165) is 69.8 Å². The molecule has 4 nitrogen and oxygen atoms in total. The van der Waals surface area contributed by atoms with Crippen molar-refractivity contribution in [3.8, 4) is 5.06 Å². The largest absolute Gasteiger partial charge is 0.479 e. The fourth-order valence-electron chi connectivity index (χ4n) is 3.81. The number of nitrogens with zero attached hydrogens (tertiary/aromatic N) is 2. The Morgan fingerprint density at radius 2 is 2.24 bits per heavy atom. The van der Waals surface area contributed by atoms with Crippen LogP contribution >= 0.6 is 11.3 Å². The van der Waals surface area contributed by atoms with Gasteiger partial charge in [-0.2, -0.15) is 0 Å². The number of hydrogen-bond donors (Lipinski definition) is 0. The van der Waals surface area contributed by atoms with Gasteiger partial charge in [-0.15, -0.1) is 11.3 Å².